The zero-order valence-electron chi connectivity index (χ0n) is 29.6. The molecule has 4 fully saturated rings. The number of rotatable bonds is 14. The van der Waals surface area contributed by atoms with Crippen LogP contribution >= 0.6 is 0 Å². The maximum Gasteiger partial charge on any atom is 0.306 e. The summed E-state index contributed by atoms with van der Waals surface area (Å²) in [6.45, 7) is 10.1. The fraction of sp³-hybridized carbons (Fsp3) is 0.595. The van der Waals surface area contributed by atoms with Crippen molar-refractivity contribution in [3.63, 3.8) is 0 Å². The number of carbonyl (C=O) groups is 4. The first-order valence-electron chi connectivity index (χ1n) is 17.5. The van der Waals surface area contributed by atoms with E-state index in [0.29, 0.717) is 49.5 Å². The topological polar surface area (TPSA) is 168 Å². The Morgan fingerprint density at radius 3 is 2.55 bits per heavy atom. The number of ketones is 1. The van der Waals surface area contributed by atoms with E-state index in [1.807, 2.05) is 39.0 Å². The van der Waals surface area contributed by atoms with Gasteiger partial charge in [-0.05, 0) is 54.3 Å². The second-order valence-corrected chi connectivity index (χ2v) is 17.5. The van der Waals surface area contributed by atoms with Crippen molar-refractivity contribution in [2.75, 3.05) is 32.6 Å². The predicted octanol–water partition coefficient (Wildman–Crippen LogP) is 3.18. The number of methoxy groups -OCH3 is 1. The molecule has 51 heavy (non-hydrogen) atoms. The van der Waals surface area contributed by atoms with E-state index in [0.717, 1.165) is 5.39 Å². The van der Waals surface area contributed by atoms with Crippen LogP contribution in [0, 0.1) is 17.3 Å². The van der Waals surface area contributed by atoms with E-state index >= 15 is 0 Å². The smallest absolute Gasteiger partial charge is 0.306 e. The average molecular weight is 726 g/mol. The third-order valence-corrected chi connectivity index (χ3v) is 12.6. The molecule has 0 unspecified atom stereocenters. The quantitative estimate of drug-likeness (QED) is 0.225. The number of esters is 1. The highest BCUT2D eigenvalue weighted by Gasteiger charge is 2.61. The first kappa shape index (κ1) is 36.7. The van der Waals surface area contributed by atoms with Gasteiger partial charge in [0.25, 0.3) is 0 Å². The summed E-state index contributed by atoms with van der Waals surface area (Å²) in [5.74, 6) is -3.16. The van der Waals surface area contributed by atoms with Gasteiger partial charge in [0.1, 0.15) is 35.3 Å². The number of nitrogens with one attached hydrogen (secondary N) is 1. The van der Waals surface area contributed by atoms with Crippen LogP contribution in [0.3, 0.4) is 0 Å². The van der Waals surface area contributed by atoms with E-state index < -0.39 is 79.3 Å². The molecule has 1 N–H and O–H groups in total. The minimum atomic E-state index is -3.64. The Hall–Kier alpha value is -4.04. The van der Waals surface area contributed by atoms with Crippen molar-refractivity contribution in [2.24, 2.45) is 17.3 Å². The summed E-state index contributed by atoms with van der Waals surface area (Å²) >= 11 is 0. The number of nitrogens with zero attached hydrogens (tertiary/aromatic N) is 2. The van der Waals surface area contributed by atoms with Gasteiger partial charge in [0.05, 0.1) is 44.5 Å². The fourth-order valence-electron chi connectivity index (χ4n) is 7.12. The first-order chi connectivity index (χ1) is 24.1. The molecular formula is C37H47N3O10S. The molecule has 276 valence electrons. The highest BCUT2D eigenvalue weighted by molar-refractivity contribution is 7.93. The van der Waals surface area contributed by atoms with Gasteiger partial charge in [-0.15, -0.1) is 6.58 Å². The van der Waals surface area contributed by atoms with Crippen molar-refractivity contribution in [3.8, 4) is 11.6 Å². The van der Waals surface area contributed by atoms with Crippen LogP contribution < -0.4 is 14.8 Å². The Balaban J connectivity index is 1.27. The molecule has 2 saturated heterocycles. The molecule has 6 rings (SSSR count). The van der Waals surface area contributed by atoms with Gasteiger partial charge in [0.15, 0.2) is 15.6 Å². The van der Waals surface area contributed by atoms with Crippen LogP contribution in [-0.2, 0) is 38.5 Å². The van der Waals surface area contributed by atoms with E-state index in [1.165, 1.54) is 4.90 Å². The molecule has 2 saturated carbocycles. The minimum absolute atomic E-state index is 0.00509. The summed E-state index contributed by atoms with van der Waals surface area (Å²) in [5.41, 5.74) is -2.13. The van der Waals surface area contributed by atoms with Crippen LogP contribution in [0.25, 0.3) is 10.8 Å². The van der Waals surface area contributed by atoms with Crippen molar-refractivity contribution >= 4 is 44.2 Å². The molecule has 13 nitrogen and oxygen atoms in total. The van der Waals surface area contributed by atoms with Crippen LogP contribution in [-0.4, -0.2) is 104 Å². The van der Waals surface area contributed by atoms with Gasteiger partial charge in [0, 0.05) is 30.3 Å². The molecule has 4 aliphatic rings. The average Bonchev–Trinajstić information content (AvgIpc) is 3.96. The van der Waals surface area contributed by atoms with Gasteiger partial charge in [-0.2, -0.15) is 0 Å². The van der Waals surface area contributed by atoms with Crippen LogP contribution in [0.5, 0.6) is 11.6 Å². The number of likely N-dealkylation sites (tertiary alicyclic amines) is 1. The summed E-state index contributed by atoms with van der Waals surface area (Å²) in [7, 11) is -2.07. The molecule has 0 bridgehead atoms. The molecule has 2 aliphatic heterocycles. The zero-order valence-corrected chi connectivity index (χ0v) is 30.4. The summed E-state index contributed by atoms with van der Waals surface area (Å²) in [5, 5.41) is 3.87. The Labute approximate surface area is 298 Å². The van der Waals surface area contributed by atoms with Crippen molar-refractivity contribution in [1.29, 1.82) is 0 Å². The Morgan fingerprint density at radius 2 is 1.92 bits per heavy atom. The number of carbonyl (C=O) groups excluding carboxylic acids is 4. The lowest BCUT2D eigenvalue weighted by Gasteiger charge is -2.35. The number of ether oxygens (including phenoxy) is 4. The Morgan fingerprint density at radius 1 is 1.16 bits per heavy atom. The number of Topliss-reactive ketones (excluding diaryl/α,β-unsaturated/α-hetero) is 1. The number of pyridine rings is 1. The van der Waals surface area contributed by atoms with E-state index in [1.54, 1.807) is 25.4 Å². The van der Waals surface area contributed by atoms with Gasteiger partial charge in [-0.1, -0.05) is 26.8 Å². The van der Waals surface area contributed by atoms with Gasteiger partial charge in [-0.3, -0.25) is 19.2 Å². The van der Waals surface area contributed by atoms with Crippen molar-refractivity contribution in [3.05, 3.63) is 43.1 Å². The van der Waals surface area contributed by atoms with Gasteiger partial charge in [-0.25, -0.2) is 13.4 Å². The molecular weight excluding hydrogens is 678 g/mol. The maximum atomic E-state index is 14.5. The lowest BCUT2D eigenvalue weighted by atomic mass is 9.77. The SMILES string of the molecule is C=C[C@@H]1C[C@]1(NC(=O)[C@@H]1C[C@@H](Oc2nccc3cc(OC)ccc23)CN1C(=O)[C@@H](CC(=O)O[C@H]1CCOC1)C(C)(C)C)C(=O)CS(=O)(=O)C1CC1. The second kappa shape index (κ2) is 14.2. The molecule has 1 aromatic heterocycles. The number of sulfone groups is 1. The summed E-state index contributed by atoms with van der Waals surface area (Å²) in [4.78, 5) is 61.3. The van der Waals surface area contributed by atoms with Crippen molar-refractivity contribution in [2.45, 2.75) is 88.3 Å². The van der Waals surface area contributed by atoms with Gasteiger partial charge < -0.3 is 29.2 Å². The second-order valence-electron chi connectivity index (χ2n) is 15.2. The third kappa shape index (κ3) is 7.91. The standard InChI is InChI=1S/C37H47N3O10S/c1-6-23-18-37(23,31(41)21-51(45,46)27-8-9-27)39-33(43)30-16-26(50-34-28-10-7-24(47-5)15-22(28)11-13-38-34)19-40(30)35(44)29(36(2,3)4)17-32(42)49-25-12-14-48-20-25/h6-7,10-11,13,15,23,25-27,29-30H,1,8-9,12,14,16-21H2,2-5H3,(H,39,43)/t23-,25+,26-,29-,30+,37-/m1/s1. The van der Waals surface area contributed by atoms with Gasteiger partial charge in [0.2, 0.25) is 17.7 Å². The van der Waals surface area contributed by atoms with E-state index in [-0.39, 0.29) is 31.9 Å². The fourth-order valence-corrected chi connectivity index (χ4v) is 8.83. The first-order valence-corrected chi connectivity index (χ1v) is 19.2. The van der Waals surface area contributed by atoms with E-state index in [4.69, 9.17) is 18.9 Å². The van der Waals surface area contributed by atoms with Crippen molar-refractivity contribution in [1.82, 2.24) is 15.2 Å². The number of amides is 2. The van der Waals surface area contributed by atoms with Gasteiger partial charge >= 0.3 is 5.97 Å². The molecule has 0 radical (unpaired) electrons. The molecule has 2 aromatic rings. The summed E-state index contributed by atoms with van der Waals surface area (Å²) in [6.07, 6.45) is 3.79. The number of fused-ring (bicyclic) bond motifs is 1. The monoisotopic (exact) mass is 725 g/mol. The number of hydrogen-bond donors (Lipinski definition) is 1. The molecule has 6 atom stereocenters. The Bertz CT molecular complexity index is 1810. The van der Waals surface area contributed by atoms with Crippen LogP contribution in [0.2, 0.25) is 0 Å². The van der Waals surface area contributed by atoms with E-state index in [9.17, 15) is 27.6 Å². The highest BCUT2D eigenvalue weighted by atomic mass is 32.2. The van der Waals surface area contributed by atoms with Crippen LogP contribution in [0.4, 0.5) is 0 Å². The molecule has 2 aliphatic carbocycles. The molecule has 1 aromatic carbocycles. The number of benzene rings is 1. The van der Waals surface area contributed by atoms with Crippen LogP contribution in [0.15, 0.2) is 43.1 Å². The largest absolute Gasteiger partial charge is 0.497 e. The maximum absolute atomic E-state index is 14.5. The summed E-state index contributed by atoms with van der Waals surface area (Å²) < 4.78 is 48.3. The molecule has 3 heterocycles. The highest BCUT2D eigenvalue weighted by Crippen LogP contribution is 2.46. The number of aromatic nitrogens is 1. The molecule has 2 amide bonds. The number of hydrogen-bond acceptors (Lipinski definition) is 11. The lowest BCUT2D eigenvalue weighted by Crippen LogP contribution is -2.55. The van der Waals surface area contributed by atoms with Crippen molar-refractivity contribution < 1.29 is 46.5 Å². The predicted molar refractivity (Wildman–Crippen MR) is 187 cm³/mol. The normalized spacial score (nSPS) is 26.7. The Kier molecular flexibility index (Phi) is 10.2. The molecule has 0 spiro atoms. The summed E-state index contributed by atoms with van der Waals surface area (Å²) in [6, 6.07) is 6.19. The van der Waals surface area contributed by atoms with E-state index in [2.05, 4.69) is 16.9 Å². The molecule has 14 heteroatoms. The zero-order chi connectivity index (χ0) is 36.7. The minimum Gasteiger partial charge on any atom is -0.497 e. The lowest BCUT2D eigenvalue weighted by molar-refractivity contribution is -0.156. The van der Waals surface area contributed by atoms with Crippen LogP contribution in [0.1, 0.15) is 59.3 Å². The third-order valence-electron chi connectivity index (χ3n) is 10.5.